The van der Waals surface area contributed by atoms with Crippen LogP contribution in [0.5, 0.6) is 0 Å². The Hall–Kier alpha value is -0.580. The number of halogens is 1. The van der Waals surface area contributed by atoms with Gasteiger partial charge in [0, 0.05) is 19.0 Å². The second-order valence-electron chi connectivity index (χ2n) is 4.52. The van der Waals surface area contributed by atoms with Crippen molar-refractivity contribution in [1.29, 1.82) is 0 Å². The smallest absolute Gasteiger partial charge is 0.0847 e. The molecule has 1 rings (SSSR count). The summed E-state index contributed by atoms with van der Waals surface area (Å²) < 4.78 is 1.96. The maximum atomic E-state index is 6.29. The fourth-order valence-corrected chi connectivity index (χ4v) is 2.19. The van der Waals surface area contributed by atoms with E-state index < -0.39 is 0 Å². The molecule has 1 aromatic heterocycles. The summed E-state index contributed by atoms with van der Waals surface area (Å²) in [4.78, 5) is 0. The average molecular weight is 259 g/mol. The van der Waals surface area contributed by atoms with E-state index in [-0.39, 0.29) is 6.04 Å². The van der Waals surface area contributed by atoms with Gasteiger partial charge in [0.05, 0.1) is 16.4 Å². The zero-order valence-electron chi connectivity index (χ0n) is 11.1. The summed E-state index contributed by atoms with van der Waals surface area (Å²) in [5.41, 5.74) is 4.86. The van der Waals surface area contributed by atoms with Crippen molar-refractivity contribution >= 4 is 11.6 Å². The molecule has 98 valence electrons. The van der Waals surface area contributed by atoms with E-state index in [1.54, 1.807) is 0 Å². The van der Waals surface area contributed by atoms with Crippen LogP contribution >= 0.6 is 11.6 Å². The molecule has 17 heavy (non-hydrogen) atoms. The Labute approximate surface area is 108 Å². The lowest BCUT2D eigenvalue weighted by Crippen LogP contribution is -2.41. The molecule has 5 heteroatoms. The first-order valence-electron chi connectivity index (χ1n) is 6.22. The SMILES string of the molecule is CCC(C)C(Cc1c(Cl)c(C)nn1CC)NN. The van der Waals surface area contributed by atoms with E-state index >= 15 is 0 Å². The fraction of sp³-hybridized carbons (Fsp3) is 0.750. The summed E-state index contributed by atoms with van der Waals surface area (Å²) in [5, 5.41) is 5.19. The molecule has 0 aromatic carbocycles. The van der Waals surface area contributed by atoms with Gasteiger partial charge in [-0.2, -0.15) is 5.10 Å². The van der Waals surface area contributed by atoms with Gasteiger partial charge in [-0.25, -0.2) is 0 Å². The Morgan fingerprint density at radius 3 is 2.59 bits per heavy atom. The predicted molar refractivity (Wildman–Crippen MR) is 71.9 cm³/mol. The molecule has 0 amide bonds. The summed E-state index contributed by atoms with van der Waals surface area (Å²) in [6.07, 6.45) is 1.91. The number of aryl methyl sites for hydroxylation is 2. The Morgan fingerprint density at radius 1 is 1.47 bits per heavy atom. The van der Waals surface area contributed by atoms with Crippen molar-refractivity contribution in [3.8, 4) is 0 Å². The monoisotopic (exact) mass is 258 g/mol. The first-order valence-corrected chi connectivity index (χ1v) is 6.60. The predicted octanol–water partition coefficient (Wildman–Crippen LogP) is 2.29. The van der Waals surface area contributed by atoms with Crippen molar-refractivity contribution in [2.24, 2.45) is 11.8 Å². The van der Waals surface area contributed by atoms with Crippen LogP contribution in [0.25, 0.3) is 0 Å². The topological polar surface area (TPSA) is 55.9 Å². The highest BCUT2D eigenvalue weighted by Gasteiger charge is 2.20. The minimum absolute atomic E-state index is 0.235. The summed E-state index contributed by atoms with van der Waals surface area (Å²) in [7, 11) is 0. The molecule has 0 aliphatic heterocycles. The molecule has 1 heterocycles. The molecule has 4 nitrogen and oxygen atoms in total. The molecule has 0 bridgehead atoms. The first kappa shape index (κ1) is 14.5. The minimum Gasteiger partial charge on any atom is -0.271 e. The van der Waals surface area contributed by atoms with Crippen LogP contribution in [0.3, 0.4) is 0 Å². The zero-order valence-corrected chi connectivity index (χ0v) is 11.9. The molecule has 0 saturated carbocycles. The number of aromatic nitrogens is 2. The second-order valence-corrected chi connectivity index (χ2v) is 4.90. The third kappa shape index (κ3) is 3.21. The van der Waals surface area contributed by atoms with Crippen LogP contribution in [-0.2, 0) is 13.0 Å². The van der Waals surface area contributed by atoms with Gasteiger partial charge < -0.3 is 0 Å². The van der Waals surface area contributed by atoms with Crippen molar-refractivity contribution in [1.82, 2.24) is 15.2 Å². The summed E-state index contributed by atoms with van der Waals surface area (Å²) in [5.74, 6) is 6.13. The highest BCUT2D eigenvalue weighted by Crippen LogP contribution is 2.23. The van der Waals surface area contributed by atoms with E-state index in [1.165, 1.54) is 0 Å². The maximum absolute atomic E-state index is 6.29. The molecule has 0 fully saturated rings. The molecule has 1 aromatic rings. The molecule has 2 unspecified atom stereocenters. The quantitative estimate of drug-likeness (QED) is 0.608. The standard InChI is InChI=1S/C12H23ClN4/c1-5-8(3)10(15-14)7-11-12(13)9(4)16-17(11)6-2/h8,10,15H,5-7,14H2,1-4H3. The van der Waals surface area contributed by atoms with Crippen LogP contribution in [0.4, 0.5) is 0 Å². The second kappa shape index (κ2) is 6.38. The van der Waals surface area contributed by atoms with E-state index in [1.807, 2.05) is 11.6 Å². The molecule has 0 spiro atoms. The lowest BCUT2D eigenvalue weighted by atomic mass is 9.95. The number of nitrogens with two attached hydrogens (primary N) is 1. The lowest BCUT2D eigenvalue weighted by Gasteiger charge is -2.22. The van der Waals surface area contributed by atoms with Gasteiger partial charge in [-0.05, 0) is 19.8 Å². The Balaban J connectivity index is 2.92. The van der Waals surface area contributed by atoms with Gasteiger partial charge in [0.15, 0.2) is 0 Å². The Bertz CT molecular complexity index is 362. The summed E-state index contributed by atoms with van der Waals surface area (Å²) >= 11 is 6.29. The van der Waals surface area contributed by atoms with Crippen LogP contribution in [0.2, 0.25) is 5.02 Å². The van der Waals surface area contributed by atoms with Crippen molar-refractivity contribution in [3.63, 3.8) is 0 Å². The van der Waals surface area contributed by atoms with E-state index in [9.17, 15) is 0 Å². The van der Waals surface area contributed by atoms with Crippen LogP contribution in [0.15, 0.2) is 0 Å². The van der Waals surface area contributed by atoms with Crippen LogP contribution in [-0.4, -0.2) is 15.8 Å². The summed E-state index contributed by atoms with van der Waals surface area (Å²) in [6.45, 7) is 9.20. The van der Waals surface area contributed by atoms with Crippen molar-refractivity contribution in [3.05, 3.63) is 16.4 Å². The minimum atomic E-state index is 0.235. The third-order valence-electron chi connectivity index (χ3n) is 3.41. The highest BCUT2D eigenvalue weighted by atomic mass is 35.5. The molecular formula is C12H23ClN4. The van der Waals surface area contributed by atoms with E-state index in [4.69, 9.17) is 17.4 Å². The van der Waals surface area contributed by atoms with Crippen LogP contribution < -0.4 is 11.3 Å². The van der Waals surface area contributed by atoms with Gasteiger partial charge in [0.2, 0.25) is 0 Å². The maximum Gasteiger partial charge on any atom is 0.0847 e. The fourth-order valence-electron chi connectivity index (χ4n) is 1.98. The largest absolute Gasteiger partial charge is 0.271 e. The van der Waals surface area contributed by atoms with Crippen LogP contribution in [0, 0.1) is 12.8 Å². The van der Waals surface area contributed by atoms with Gasteiger partial charge in [-0.15, -0.1) is 0 Å². The number of nitrogens with one attached hydrogen (secondary N) is 1. The molecule has 0 aliphatic rings. The van der Waals surface area contributed by atoms with Gasteiger partial charge in [0.25, 0.3) is 0 Å². The van der Waals surface area contributed by atoms with Gasteiger partial charge >= 0.3 is 0 Å². The number of rotatable bonds is 6. The lowest BCUT2D eigenvalue weighted by molar-refractivity contribution is 0.362. The average Bonchev–Trinajstić information content (AvgIpc) is 2.61. The van der Waals surface area contributed by atoms with E-state index in [2.05, 4.69) is 31.3 Å². The molecule has 2 atom stereocenters. The van der Waals surface area contributed by atoms with Crippen molar-refractivity contribution < 1.29 is 0 Å². The van der Waals surface area contributed by atoms with E-state index in [0.717, 1.165) is 35.8 Å². The summed E-state index contributed by atoms with van der Waals surface area (Å²) in [6, 6.07) is 0.235. The molecule has 0 radical (unpaired) electrons. The van der Waals surface area contributed by atoms with Crippen molar-refractivity contribution in [2.45, 2.75) is 53.1 Å². The number of hydrazine groups is 1. The molecule has 0 aliphatic carbocycles. The molecule has 0 saturated heterocycles. The van der Waals surface area contributed by atoms with E-state index in [0.29, 0.717) is 5.92 Å². The number of hydrogen-bond donors (Lipinski definition) is 2. The zero-order chi connectivity index (χ0) is 13.0. The van der Waals surface area contributed by atoms with Crippen LogP contribution in [0.1, 0.15) is 38.6 Å². The van der Waals surface area contributed by atoms with Gasteiger partial charge in [-0.1, -0.05) is 31.9 Å². The van der Waals surface area contributed by atoms with Gasteiger partial charge in [-0.3, -0.25) is 16.0 Å². The number of hydrogen-bond acceptors (Lipinski definition) is 3. The number of nitrogens with zero attached hydrogens (tertiary/aromatic N) is 2. The normalized spacial score (nSPS) is 14.9. The molecule has 3 N–H and O–H groups in total. The molecular weight excluding hydrogens is 236 g/mol. The Morgan fingerprint density at radius 2 is 2.12 bits per heavy atom. The Kier molecular flexibility index (Phi) is 5.43. The van der Waals surface area contributed by atoms with Gasteiger partial charge in [0.1, 0.15) is 0 Å². The third-order valence-corrected chi connectivity index (χ3v) is 3.90. The van der Waals surface area contributed by atoms with Crippen molar-refractivity contribution in [2.75, 3.05) is 0 Å². The first-order chi connectivity index (χ1) is 8.04. The highest BCUT2D eigenvalue weighted by molar-refractivity contribution is 6.31.